The number of aryl methyl sites for hydroxylation is 1. The first-order chi connectivity index (χ1) is 9.78. The molecule has 0 saturated carbocycles. The Morgan fingerprint density at radius 1 is 1.20 bits per heavy atom. The van der Waals surface area contributed by atoms with E-state index in [2.05, 4.69) is 54.3 Å². The molecule has 0 amide bonds. The third-order valence-electron chi connectivity index (χ3n) is 3.68. The Hall–Kier alpha value is -2.00. The van der Waals surface area contributed by atoms with Gasteiger partial charge in [-0.2, -0.15) is 0 Å². The van der Waals surface area contributed by atoms with E-state index in [1.54, 1.807) is 0 Å². The van der Waals surface area contributed by atoms with E-state index in [0.29, 0.717) is 6.54 Å². The lowest BCUT2D eigenvalue weighted by atomic mass is 10.1. The molecule has 0 aliphatic carbocycles. The lowest BCUT2D eigenvalue weighted by Gasteiger charge is -2.36. The Balaban J connectivity index is 1.95. The van der Waals surface area contributed by atoms with E-state index >= 15 is 0 Å². The van der Waals surface area contributed by atoms with Gasteiger partial charge in [-0.1, -0.05) is 36.4 Å². The number of fused-ring (bicyclic) bond motifs is 1. The molecule has 0 saturated heterocycles. The molecule has 1 aliphatic heterocycles. The SMILES string of the molecule is Cc1ccc2c(c1)OC(c1ccccc1)CN2CCN. The van der Waals surface area contributed by atoms with Gasteiger partial charge < -0.3 is 15.4 Å². The zero-order valence-corrected chi connectivity index (χ0v) is 11.8. The maximum atomic E-state index is 6.19. The second-order valence-electron chi connectivity index (χ2n) is 5.22. The first kappa shape index (κ1) is 13.0. The van der Waals surface area contributed by atoms with Gasteiger partial charge in [0.1, 0.15) is 11.9 Å². The Bertz CT molecular complexity index is 583. The standard InChI is InChI=1S/C17H20N2O/c1-13-7-8-15-16(11-13)20-17(12-19(15)10-9-18)14-5-3-2-4-6-14/h2-8,11,17H,9-10,12,18H2,1H3. The van der Waals surface area contributed by atoms with E-state index in [0.717, 1.165) is 24.5 Å². The molecule has 2 N–H and O–H groups in total. The summed E-state index contributed by atoms with van der Waals surface area (Å²) < 4.78 is 6.19. The Kier molecular flexibility index (Phi) is 3.61. The van der Waals surface area contributed by atoms with Crippen molar-refractivity contribution in [3.63, 3.8) is 0 Å². The molecule has 2 aromatic rings. The summed E-state index contributed by atoms with van der Waals surface area (Å²) in [6.07, 6.45) is 0.0667. The van der Waals surface area contributed by atoms with E-state index in [1.807, 2.05) is 6.07 Å². The van der Waals surface area contributed by atoms with E-state index in [4.69, 9.17) is 10.5 Å². The molecule has 0 spiro atoms. The minimum absolute atomic E-state index is 0.0667. The van der Waals surface area contributed by atoms with Gasteiger partial charge in [-0.25, -0.2) is 0 Å². The van der Waals surface area contributed by atoms with Crippen molar-refractivity contribution in [3.8, 4) is 5.75 Å². The third kappa shape index (κ3) is 2.49. The van der Waals surface area contributed by atoms with Crippen molar-refractivity contribution in [2.24, 2.45) is 5.73 Å². The molecule has 0 aromatic heterocycles. The highest BCUT2D eigenvalue weighted by Crippen LogP contribution is 2.38. The lowest BCUT2D eigenvalue weighted by molar-refractivity contribution is 0.197. The van der Waals surface area contributed by atoms with Gasteiger partial charge in [-0.3, -0.25) is 0 Å². The lowest BCUT2D eigenvalue weighted by Crippen LogP contribution is -2.38. The molecule has 3 heteroatoms. The number of rotatable bonds is 3. The molecule has 0 fully saturated rings. The van der Waals surface area contributed by atoms with Gasteiger partial charge in [0, 0.05) is 13.1 Å². The average molecular weight is 268 g/mol. The van der Waals surface area contributed by atoms with E-state index in [9.17, 15) is 0 Å². The van der Waals surface area contributed by atoms with Crippen LogP contribution in [-0.4, -0.2) is 19.6 Å². The van der Waals surface area contributed by atoms with Crippen molar-refractivity contribution < 1.29 is 4.74 Å². The molecule has 20 heavy (non-hydrogen) atoms. The summed E-state index contributed by atoms with van der Waals surface area (Å²) in [6.45, 7) is 4.43. The van der Waals surface area contributed by atoms with Gasteiger partial charge in [-0.15, -0.1) is 0 Å². The first-order valence-corrected chi connectivity index (χ1v) is 7.05. The average Bonchev–Trinajstić information content (AvgIpc) is 2.48. The van der Waals surface area contributed by atoms with Crippen molar-refractivity contribution in [1.29, 1.82) is 0 Å². The second kappa shape index (κ2) is 5.55. The zero-order valence-electron chi connectivity index (χ0n) is 11.8. The molecule has 3 nitrogen and oxygen atoms in total. The van der Waals surface area contributed by atoms with Crippen LogP contribution in [0.25, 0.3) is 0 Å². The van der Waals surface area contributed by atoms with Crippen LogP contribution in [0.15, 0.2) is 48.5 Å². The summed E-state index contributed by atoms with van der Waals surface area (Å²) in [6, 6.07) is 16.7. The second-order valence-corrected chi connectivity index (χ2v) is 5.22. The fourth-order valence-corrected chi connectivity index (χ4v) is 2.67. The molecule has 1 unspecified atom stereocenters. The fourth-order valence-electron chi connectivity index (χ4n) is 2.67. The summed E-state index contributed by atoms with van der Waals surface area (Å²) in [5.41, 5.74) is 9.32. The number of hydrogen-bond acceptors (Lipinski definition) is 3. The van der Waals surface area contributed by atoms with Crippen LogP contribution in [0.3, 0.4) is 0 Å². The maximum Gasteiger partial charge on any atom is 0.143 e. The van der Waals surface area contributed by atoms with Crippen molar-refractivity contribution in [1.82, 2.24) is 0 Å². The van der Waals surface area contributed by atoms with E-state index in [1.165, 1.54) is 11.1 Å². The fraction of sp³-hybridized carbons (Fsp3) is 0.294. The van der Waals surface area contributed by atoms with E-state index in [-0.39, 0.29) is 6.10 Å². The van der Waals surface area contributed by atoms with Crippen LogP contribution >= 0.6 is 0 Å². The summed E-state index contributed by atoms with van der Waals surface area (Å²) in [5, 5.41) is 0. The van der Waals surface area contributed by atoms with Crippen molar-refractivity contribution >= 4 is 5.69 Å². The van der Waals surface area contributed by atoms with Crippen LogP contribution in [0.4, 0.5) is 5.69 Å². The molecular formula is C17H20N2O. The monoisotopic (exact) mass is 268 g/mol. The van der Waals surface area contributed by atoms with Crippen LogP contribution in [0, 0.1) is 6.92 Å². The number of anilines is 1. The molecule has 0 radical (unpaired) electrons. The Morgan fingerprint density at radius 3 is 2.75 bits per heavy atom. The van der Waals surface area contributed by atoms with Gasteiger partial charge in [0.15, 0.2) is 0 Å². The van der Waals surface area contributed by atoms with Gasteiger partial charge in [-0.05, 0) is 30.2 Å². The van der Waals surface area contributed by atoms with E-state index < -0.39 is 0 Å². The summed E-state index contributed by atoms with van der Waals surface area (Å²) in [7, 11) is 0. The van der Waals surface area contributed by atoms with Crippen LogP contribution in [0.5, 0.6) is 5.75 Å². The van der Waals surface area contributed by atoms with Crippen LogP contribution < -0.4 is 15.4 Å². The molecule has 1 aliphatic rings. The quantitative estimate of drug-likeness (QED) is 0.930. The highest BCUT2D eigenvalue weighted by molar-refractivity contribution is 5.61. The highest BCUT2D eigenvalue weighted by Gasteiger charge is 2.26. The molecular weight excluding hydrogens is 248 g/mol. The van der Waals surface area contributed by atoms with Crippen molar-refractivity contribution in [2.45, 2.75) is 13.0 Å². The largest absolute Gasteiger partial charge is 0.482 e. The smallest absolute Gasteiger partial charge is 0.143 e. The molecule has 0 bridgehead atoms. The number of nitrogens with two attached hydrogens (primary N) is 1. The normalized spacial score (nSPS) is 17.5. The minimum Gasteiger partial charge on any atom is -0.482 e. The van der Waals surface area contributed by atoms with Crippen LogP contribution in [0.1, 0.15) is 17.2 Å². The number of ether oxygens (including phenoxy) is 1. The predicted molar refractivity (Wildman–Crippen MR) is 82.3 cm³/mol. The van der Waals surface area contributed by atoms with Gasteiger partial charge in [0.05, 0.1) is 12.2 Å². The Morgan fingerprint density at radius 2 is 2.00 bits per heavy atom. The summed E-state index contributed by atoms with van der Waals surface area (Å²) in [4.78, 5) is 2.32. The van der Waals surface area contributed by atoms with Gasteiger partial charge in [0.25, 0.3) is 0 Å². The van der Waals surface area contributed by atoms with Gasteiger partial charge in [0.2, 0.25) is 0 Å². The van der Waals surface area contributed by atoms with Crippen molar-refractivity contribution in [2.75, 3.05) is 24.5 Å². The maximum absolute atomic E-state index is 6.19. The molecule has 3 rings (SSSR count). The number of benzene rings is 2. The number of nitrogens with zero attached hydrogens (tertiary/aromatic N) is 1. The van der Waals surface area contributed by atoms with Crippen LogP contribution in [0.2, 0.25) is 0 Å². The zero-order chi connectivity index (χ0) is 13.9. The third-order valence-corrected chi connectivity index (χ3v) is 3.68. The summed E-state index contributed by atoms with van der Waals surface area (Å²) in [5.74, 6) is 0.957. The molecule has 1 atom stereocenters. The molecule has 1 heterocycles. The van der Waals surface area contributed by atoms with Crippen LogP contribution in [-0.2, 0) is 0 Å². The highest BCUT2D eigenvalue weighted by atomic mass is 16.5. The van der Waals surface area contributed by atoms with Gasteiger partial charge >= 0.3 is 0 Å². The number of hydrogen-bond donors (Lipinski definition) is 1. The summed E-state index contributed by atoms with van der Waals surface area (Å²) >= 11 is 0. The molecule has 2 aromatic carbocycles. The Labute approximate surface area is 120 Å². The first-order valence-electron chi connectivity index (χ1n) is 7.05. The minimum atomic E-state index is 0.0667. The van der Waals surface area contributed by atoms with Crippen molar-refractivity contribution in [3.05, 3.63) is 59.7 Å². The topological polar surface area (TPSA) is 38.5 Å². The predicted octanol–water partition coefficient (Wildman–Crippen LogP) is 2.89. The molecule has 104 valence electrons.